The number of carbonyl (C=O) groups excluding carboxylic acids is 1. The standard InChI is InChI=1S/C23H26N4O4/c1-4-5-8-13-27-23(29)18-10-7-6-9-17(18)21(26-27)22(28)25-24-15-16-11-12-19(30-2)20(14-16)31-3/h6-7,9-12,14-15H,4-5,8,13H2,1-3H3,(H,25,28)/b24-15-. The fourth-order valence-corrected chi connectivity index (χ4v) is 3.22. The third-order valence-electron chi connectivity index (χ3n) is 4.84. The Kier molecular flexibility index (Phi) is 7.37. The number of carbonyl (C=O) groups is 1. The molecule has 1 amide bonds. The highest BCUT2D eigenvalue weighted by Crippen LogP contribution is 2.26. The van der Waals surface area contributed by atoms with Gasteiger partial charge in [-0.15, -0.1) is 0 Å². The van der Waals surface area contributed by atoms with Crippen LogP contribution in [0, 0.1) is 0 Å². The van der Waals surface area contributed by atoms with Crippen molar-refractivity contribution in [1.29, 1.82) is 0 Å². The van der Waals surface area contributed by atoms with Crippen molar-refractivity contribution in [3.05, 3.63) is 64.1 Å². The molecule has 1 aromatic heterocycles. The van der Waals surface area contributed by atoms with Crippen LogP contribution in [0.5, 0.6) is 11.5 Å². The monoisotopic (exact) mass is 422 g/mol. The number of nitrogens with zero attached hydrogens (tertiary/aromatic N) is 3. The summed E-state index contributed by atoms with van der Waals surface area (Å²) in [4.78, 5) is 25.5. The Morgan fingerprint density at radius 2 is 1.84 bits per heavy atom. The molecule has 0 saturated carbocycles. The highest BCUT2D eigenvalue weighted by Gasteiger charge is 2.16. The highest BCUT2D eigenvalue weighted by molar-refractivity contribution is 6.05. The second-order valence-corrected chi connectivity index (χ2v) is 6.94. The van der Waals surface area contributed by atoms with Gasteiger partial charge in [0.15, 0.2) is 17.2 Å². The summed E-state index contributed by atoms with van der Waals surface area (Å²) in [5.74, 6) is 0.673. The van der Waals surface area contributed by atoms with Gasteiger partial charge in [-0.25, -0.2) is 10.1 Å². The van der Waals surface area contributed by atoms with Crippen LogP contribution in [-0.2, 0) is 6.54 Å². The number of aromatic nitrogens is 2. The first-order valence-electron chi connectivity index (χ1n) is 10.1. The van der Waals surface area contributed by atoms with Gasteiger partial charge in [-0.2, -0.15) is 10.2 Å². The van der Waals surface area contributed by atoms with Crippen LogP contribution < -0.4 is 20.5 Å². The van der Waals surface area contributed by atoms with Gasteiger partial charge in [0.05, 0.1) is 25.8 Å². The fraction of sp³-hybridized carbons (Fsp3) is 0.304. The van der Waals surface area contributed by atoms with Gasteiger partial charge in [0.2, 0.25) is 0 Å². The zero-order valence-electron chi connectivity index (χ0n) is 17.9. The summed E-state index contributed by atoms with van der Waals surface area (Å²) in [5.41, 5.74) is 3.19. The molecule has 0 spiro atoms. The molecule has 31 heavy (non-hydrogen) atoms. The highest BCUT2D eigenvalue weighted by atomic mass is 16.5. The number of benzene rings is 2. The number of rotatable bonds is 9. The lowest BCUT2D eigenvalue weighted by atomic mass is 10.1. The number of unbranched alkanes of at least 4 members (excludes halogenated alkanes) is 2. The Hall–Kier alpha value is -3.68. The number of nitrogens with one attached hydrogen (secondary N) is 1. The number of hydrazone groups is 1. The summed E-state index contributed by atoms with van der Waals surface area (Å²) < 4.78 is 11.8. The third kappa shape index (κ3) is 5.09. The van der Waals surface area contributed by atoms with E-state index in [1.165, 1.54) is 10.9 Å². The minimum absolute atomic E-state index is 0.163. The summed E-state index contributed by atoms with van der Waals surface area (Å²) in [5, 5.41) is 9.32. The fourth-order valence-electron chi connectivity index (χ4n) is 3.22. The van der Waals surface area contributed by atoms with Crippen LogP contribution in [0.1, 0.15) is 42.2 Å². The zero-order valence-corrected chi connectivity index (χ0v) is 17.9. The molecule has 1 heterocycles. The second kappa shape index (κ2) is 10.4. The normalized spacial score (nSPS) is 11.1. The van der Waals surface area contributed by atoms with Crippen LogP contribution >= 0.6 is 0 Å². The van der Waals surface area contributed by atoms with Crippen molar-refractivity contribution < 1.29 is 14.3 Å². The van der Waals surface area contributed by atoms with E-state index < -0.39 is 5.91 Å². The average molecular weight is 422 g/mol. The Morgan fingerprint density at radius 3 is 2.55 bits per heavy atom. The number of aryl methyl sites for hydroxylation is 1. The van der Waals surface area contributed by atoms with Gasteiger partial charge in [-0.05, 0) is 36.2 Å². The van der Waals surface area contributed by atoms with Crippen molar-refractivity contribution in [1.82, 2.24) is 15.2 Å². The molecule has 2 aromatic carbocycles. The Morgan fingerprint density at radius 1 is 1.10 bits per heavy atom. The van der Waals surface area contributed by atoms with Crippen LogP contribution in [-0.4, -0.2) is 36.1 Å². The molecule has 0 unspecified atom stereocenters. The summed E-state index contributed by atoms with van der Waals surface area (Å²) in [6.45, 7) is 2.55. The van der Waals surface area contributed by atoms with E-state index in [9.17, 15) is 9.59 Å². The summed E-state index contributed by atoms with van der Waals surface area (Å²) in [6, 6.07) is 12.3. The van der Waals surface area contributed by atoms with Crippen molar-refractivity contribution in [2.75, 3.05) is 14.2 Å². The van der Waals surface area contributed by atoms with Gasteiger partial charge >= 0.3 is 0 Å². The Labute approximate surface area is 180 Å². The Bertz CT molecular complexity index is 1150. The van der Waals surface area contributed by atoms with E-state index in [-0.39, 0.29) is 11.3 Å². The molecule has 0 radical (unpaired) electrons. The second-order valence-electron chi connectivity index (χ2n) is 6.94. The van der Waals surface area contributed by atoms with E-state index in [4.69, 9.17) is 9.47 Å². The summed E-state index contributed by atoms with van der Waals surface area (Å²) in [7, 11) is 3.11. The lowest BCUT2D eigenvalue weighted by molar-refractivity contribution is 0.0949. The lowest BCUT2D eigenvalue weighted by Gasteiger charge is -2.10. The molecule has 0 aliphatic heterocycles. The molecule has 3 rings (SSSR count). The van der Waals surface area contributed by atoms with E-state index in [0.717, 1.165) is 24.8 Å². The predicted octanol–water partition coefficient (Wildman–Crippen LogP) is 3.37. The van der Waals surface area contributed by atoms with Gasteiger partial charge in [0.25, 0.3) is 11.5 Å². The molecule has 8 nitrogen and oxygen atoms in total. The van der Waals surface area contributed by atoms with Gasteiger partial charge in [0.1, 0.15) is 0 Å². The van der Waals surface area contributed by atoms with Crippen LogP contribution in [0.15, 0.2) is 52.4 Å². The molecule has 0 bridgehead atoms. The van der Waals surface area contributed by atoms with Crippen molar-refractivity contribution in [3.63, 3.8) is 0 Å². The van der Waals surface area contributed by atoms with Crippen molar-refractivity contribution in [2.24, 2.45) is 5.10 Å². The molecule has 8 heteroatoms. The van der Waals surface area contributed by atoms with Crippen LogP contribution in [0.3, 0.4) is 0 Å². The van der Waals surface area contributed by atoms with Gasteiger partial charge in [-0.3, -0.25) is 9.59 Å². The summed E-state index contributed by atoms with van der Waals surface area (Å²) >= 11 is 0. The van der Waals surface area contributed by atoms with Crippen LogP contribution in [0.25, 0.3) is 10.8 Å². The molecule has 0 saturated heterocycles. The smallest absolute Gasteiger partial charge is 0.292 e. The molecule has 162 valence electrons. The minimum Gasteiger partial charge on any atom is -0.493 e. The van der Waals surface area contributed by atoms with Crippen molar-refractivity contribution in [2.45, 2.75) is 32.7 Å². The topological polar surface area (TPSA) is 94.8 Å². The number of hydrogen-bond donors (Lipinski definition) is 1. The van der Waals surface area contributed by atoms with Crippen LogP contribution in [0.2, 0.25) is 0 Å². The van der Waals surface area contributed by atoms with E-state index in [1.54, 1.807) is 56.7 Å². The number of hydrogen-bond acceptors (Lipinski definition) is 6. The maximum Gasteiger partial charge on any atom is 0.292 e. The maximum absolute atomic E-state index is 12.8. The van der Waals surface area contributed by atoms with Crippen LogP contribution in [0.4, 0.5) is 0 Å². The molecular formula is C23H26N4O4. The van der Waals surface area contributed by atoms with E-state index in [0.29, 0.717) is 28.8 Å². The van der Waals surface area contributed by atoms with Gasteiger partial charge in [-0.1, -0.05) is 38.0 Å². The number of ether oxygens (including phenoxy) is 2. The van der Waals surface area contributed by atoms with E-state index in [1.807, 2.05) is 0 Å². The quantitative estimate of drug-likeness (QED) is 0.324. The third-order valence-corrected chi connectivity index (χ3v) is 4.84. The van der Waals surface area contributed by atoms with Gasteiger partial charge < -0.3 is 9.47 Å². The van der Waals surface area contributed by atoms with Crippen molar-refractivity contribution in [3.8, 4) is 11.5 Å². The SMILES string of the molecule is CCCCCn1nc(C(=O)N/N=C\c2ccc(OC)c(OC)c2)c2ccccc2c1=O. The molecule has 0 atom stereocenters. The first-order valence-corrected chi connectivity index (χ1v) is 10.1. The zero-order chi connectivity index (χ0) is 22.2. The minimum atomic E-state index is -0.489. The molecule has 0 fully saturated rings. The predicted molar refractivity (Wildman–Crippen MR) is 120 cm³/mol. The first kappa shape index (κ1) is 22.0. The lowest BCUT2D eigenvalue weighted by Crippen LogP contribution is -2.29. The summed E-state index contributed by atoms with van der Waals surface area (Å²) in [6.07, 6.45) is 4.33. The van der Waals surface area contributed by atoms with E-state index in [2.05, 4.69) is 22.5 Å². The molecule has 0 aliphatic carbocycles. The van der Waals surface area contributed by atoms with Gasteiger partial charge in [0, 0.05) is 11.9 Å². The Balaban J connectivity index is 1.85. The maximum atomic E-state index is 12.8. The molecule has 1 N–H and O–H groups in total. The molecule has 0 aliphatic rings. The number of amides is 1. The molecule has 3 aromatic rings. The van der Waals surface area contributed by atoms with Crippen molar-refractivity contribution >= 4 is 22.9 Å². The number of methoxy groups -OCH3 is 2. The first-order chi connectivity index (χ1) is 15.1. The molecular weight excluding hydrogens is 396 g/mol. The van der Waals surface area contributed by atoms with E-state index >= 15 is 0 Å². The average Bonchev–Trinajstić information content (AvgIpc) is 2.80. The largest absolute Gasteiger partial charge is 0.493 e. The number of fused-ring (bicyclic) bond motifs is 1.